The summed E-state index contributed by atoms with van der Waals surface area (Å²) in [4.78, 5) is 22.9. The van der Waals surface area contributed by atoms with Crippen LogP contribution in [0.2, 0.25) is 0 Å². The molecule has 0 saturated carbocycles. The van der Waals surface area contributed by atoms with E-state index in [-0.39, 0.29) is 13.0 Å². The van der Waals surface area contributed by atoms with Crippen LogP contribution in [-0.2, 0) is 14.3 Å². The second-order valence-electron chi connectivity index (χ2n) is 9.01. The van der Waals surface area contributed by atoms with Gasteiger partial charge in [0.1, 0.15) is 6.61 Å². The van der Waals surface area contributed by atoms with Crippen LogP contribution in [0.15, 0.2) is 24.8 Å². The minimum absolute atomic E-state index is 0.0416. The maximum absolute atomic E-state index is 11.6. The third kappa shape index (κ3) is 21.6. The lowest BCUT2D eigenvalue weighted by atomic mass is 9.97. The van der Waals surface area contributed by atoms with Gasteiger partial charge >= 0.3 is 11.9 Å². The largest absolute Gasteiger partial charge is 0.481 e. The number of carboxylic acids is 1. The van der Waals surface area contributed by atoms with E-state index in [1.165, 1.54) is 96.0 Å². The Labute approximate surface area is 197 Å². The minimum Gasteiger partial charge on any atom is -0.481 e. The molecular formula is C28H50O4. The second kappa shape index (κ2) is 24.1. The lowest BCUT2D eigenvalue weighted by Crippen LogP contribution is -2.19. The molecule has 1 N–H and O–H groups in total. The highest BCUT2D eigenvalue weighted by molar-refractivity contribution is 5.78. The highest BCUT2D eigenvalue weighted by Crippen LogP contribution is 2.18. The monoisotopic (exact) mass is 450 g/mol. The smallest absolute Gasteiger partial charge is 0.307 e. The third-order valence-corrected chi connectivity index (χ3v) is 6.03. The van der Waals surface area contributed by atoms with Gasteiger partial charge in [0, 0.05) is 0 Å². The molecule has 0 aromatic carbocycles. The molecule has 0 heterocycles. The van der Waals surface area contributed by atoms with Gasteiger partial charge in [-0.3, -0.25) is 9.59 Å². The van der Waals surface area contributed by atoms with Crippen molar-refractivity contribution in [2.45, 2.75) is 129 Å². The van der Waals surface area contributed by atoms with E-state index in [1.807, 2.05) is 0 Å². The summed E-state index contributed by atoms with van der Waals surface area (Å²) >= 11 is 0. The van der Waals surface area contributed by atoms with Crippen molar-refractivity contribution in [1.82, 2.24) is 0 Å². The molecule has 1 unspecified atom stereocenters. The molecule has 0 radical (unpaired) electrons. The Morgan fingerprint density at radius 1 is 0.781 bits per heavy atom. The number of carbonyl (C=O) groups is 2. The van der Waals surface area contributed by atoms with Gasteiger partial charge < -0.3 is 9.84 Å². The van der Waals surface area contributed by atoms with E-state index >= 15 is 0 Å². The molecule has 0 amide bonds. The standard InChI is InChI=1S/C28H50O4/c1-3-5-6-7-8-9-10-11-12-13-14-15-16-17-18-19-20-21-22-23-26(28(30)31)25-27(29)32-24-4-2/h3-5,26H,2,6-25H2,1H3,(H,30,31)/b5-3+. The number of aliphatic carboxylic acids is 1. The van der Waals surface area contributed by atoms with Gasteiger partial charge in [-0.2, -0.15) is 0 Å². The van der Waals surface area contributed by atoms with E-state index in [9.17, 15) is 14.7 Å². The van der Waals surface area contributed by atoms with Gasteiger partial charge in [-0.05, 0) is 26.2 Å². The van der Waals surface area contributed by atoms with Crippen LogP contribution in [0, 0.1) is 5.92 Å². The number of ether oxygens (including phenoxy) is 1. The maximum atomic E-state index is 11.6. The van der Waals surface area contributed by atoms with Crippen LogP contribution < -0.4 is 0 Å². The van der Waals surface area contributed by atoms with E-state index in [4.69, 9.17) is 4.74 Å². The lowest BCUT2D eigenvalue weighted by Gasteiger charge is -2.11. The zero-order chi connectivity index (χ0) is 23.7. The van der Waals surface area contributed by atoms with Gasteiger partial charge in [0.05, 0.1) is 12.3 Å². The molecule has 0 aliphatic heterocycles. The van der Waals surface area contributed by atoms with Gasteiger partial charge in [0.15, 0.2) is 0 Å². The molecular weight excluding hydrogens is 400 g/mol. The quantitative estimate of drug-likeness (QED) is 0.0910. The van der Waals surface area contributed by atoms with Crippen LogP contribution >= 0.6 is 0 Å². The molecule has 0 rings (SSSR count). The number of unbranched alkanes of at least 4 members (excludes halogenated alkanes) is 16. The molecule has 0 aromatic heterocycles. The number of allylic oxidation sites excluding steroid dienone is 2. The zero-order valence-corrected chi connectivity index (χ0v) is 20.8. The molecule has 0 aliphatic rings. The number of carbonyl (C=O) groups excluding carboxylic acids is 1. The Morgan fingerprint density at radius 3 is 1.62 bits per heavy atom. The zero-order valence-electron chi connectivity index (χ0n) is 20.8. The molecule has 186 valence electrons. The molecule has 0 fully saturated rings. The van der Waals surface area contributed by atoms with Crippen LogP contribution in [-0.4, -0.2) is 23.7 Å². The number of esters is 1. The first-order valence-corrected chi connectivity index (χ1v) is 13.2. The number of hydrogen-bond acceptors (Lipinski definition) is 3. The average molecular weight is 451 g/mol. The molecule has 0 aliphatic carbocycles. The van der Waals surface area contributed by atoms with E-state index in [0.29, 0.717) is 6.42 Å². The predicted octanol–water partition coefficient (Wildman–Crippen LogP) is 8.40. The molecule has 32 heavy (non-hydrogen) atoms. The Morgan fingerprint density at radius 2 is 1.22 bits per heavy atom. The SMILES string of the molecule is C=CCOC(=O)CC(CCCCCCCCCCCCCCCCCC/C=C/C)C(=O)O. The van der Waals surface area contributed by atoms with Gasteiger partial charge in [-0.15, -0.1) is 0 Å². The summed E-state index contributed by atoms with van der Waals surface area (Å²) < 4.78 is 4.89. The lowest BCUT2D eigenvalue weighted by molar-refractivity contribution is -0.151. The first-order chi connectivity index (χ1) is 15.6. The first kappa shape index (κ1) is 30.4. The molecule has 4 nitrogen and oxygen atoms in total. The Bertz CT molecular complexity index is 484. The summed E-state index contributed by atoms with van der Waals surface area (Å²) in [5.41, 5.74) is 0. The Hall–Kier alpha value is -1.58. The topological polar surface area (TPSA) is 63.6 Å². The van der Waals surface area contributed by atoms with Crippen molar-refractivity contribution in [2.75, 3.05) is 6.61 Å². The van der Waals surface area contributed by atoms with E-state index < -0.39 is 17.9 Å². The molecule has 4 heteroatoms. The van der Waals surface area contributed by atoms with Gasteiger partial charge in [-0.1, -0.05) is 121 Å². The van der Waals surface area contributed by atoms with Crippen molar-refractivity contribution < 1.29 is 19.4 Å². The minimum atomic E-state index is -0.902. The Kier molecular flexibility index (Phi) is 22.9. The van der Waals surface area contributed by atoms with Crippen molar-refractivity contribution in [3.05, 3.63) is 24.8 Å². The summed E-state index contributed by atoms with van der Waals surface area (Å²) in [6, 6.07) is 0. The van der Waals surface area contributed by atoms with Crippen molar-refractivity contribution in [3.63, 3.8) is 0 Å². The van der Waals surface area contributed by atoms with Crippen LogP contribution in [0.3, 0.4) is 0 Å². The van der Waals surface area contributed by atoms with Crippen molar-refractivity contribution in [1.29, 1.82) is 0 Å². The predicted molar refractivity (Wildman–Crippen MR) is 135 cm³/mol. The van der Waals surface area contributed by atoms with Crippen molar-refractivity contribution >= 4 is 11.9 Å². The molecule has 0 aromatic rings. The van der Waals surface area contributed by atoms with E-state index in [0.717, 1.165) is 19.3 Å². The van der Waals surface area contributed by atoms with Crippen molar-refractivity contribution in [3.8, 4) is 0 Å². The van der Waals surface area contributed by atoms with Gasteiger partial charge in [0.2, 0.25) is 0 Å². The molecule has 0 bridgehead atoms. The van der Waals surface area contributed by atoms with E-state index in [1.54, 1.807) is 0 Å². The average Bonchev–Trinajstić information content (AvgIpc) is 2.78. The van der Waals surface area contributed by atoms with Gasteiger partial charge in [-0.25, -0.2) is 0 Å². The fourth-order valence-corrected chi connectivity index (χ4v) is 4.02. The first-order valence-electron chi connectivity index (χ1n) is 13.2. The summed E-state index contributed by atoms with van der Waals surface area (Å²) in [6.45, 7) is 5.72. The molecule has 1 atom stereocenters. The summed E-state index contributed by atoms with van der Waals surface area (Å²) in [5.74, 6) is -1.98. The maximum Gasteiger partial charge on any atom is 0.307 e. The fraction of sp³-hybridized carbons (Fsp3) is 0.786. The summed E-state index contributed by atoms with van der Waals surface area (Å²) in [5, 5.41) is 9.27. The summed E-state index contributed by atoms with van der Waals surface area (Å²) in [7, 11) is 0. The number of rotatable bonds is 24. The van der Waals surface area contributed by atoms with Crippen LogP contribution in [0.25, 0.3) is 0 Å². The normalized spacial score (nSPS) is 12.2. The fourth-order valence-electron chi connectivity index (χ4n) is 4.02. The van der Waals surface area contributed by atoms with Crippen LogP contribution in [0.4, 0.5) is 0 Å². The van der Waals surface area contributed by atoms with Crippen LogP contribution in [0.5, 0.6) is 0 Å². The summed E-state index contributed by atoms with van der Waals surface area (Å²) in [6.07, 6.45) is 28.4. The highest BCUT2D eigenvalue weighted by atomic mass is 16.5. The third-order valence-electron chi connectivity index (χ3n) is 6.03. The number of carboxylic acid groups (broad SMARTS) is 1. The van der Waals surface area contributed by atoms with E-state index in [2.05, 4.69) is 25.7 Å². The molecule has 0 saturated heterocycles. The molecule has 0 spiro atoms. The highest BCUT2D eigenvalue weighted by Gasteiger charge is 2.21. The van der Waals surface area contributed by atoms with Crippen LogP contribution in [0.1, 0.15) is 129 Å². The number of hydrogen-bond donors (Lipinski definition) is 1. The second-order valence-corrected chi connectivity index (χ2v) is 9.01. The van der Waals surface area contributed by atoms with Crippen molar-refractivity contribution in [2.24, 2.45) is 5.92 Å². The Balaban J connectivity index is 3.38. The van der Waals surface area contributed by atoms with Gasteiger partial charge in [0.25, 0.3) is 0 Å².